The third-order valence-corrected chi connectivity index (χ3v) is 3.06. The average Bonchev–Trinajstić information content (AvgIpc) is 2.48. The summed E-state index contributed by atoms with van der Waals surface area (Å²) in [7, 11) is 0. The van der Waals surface area contributed by atoms with E-state index in [-0.39, 0.29) is 11.7 Å². The summed E-state index contributed by atoms with van der Waals surface area (Å²) in [5, 5.41) is 5.92. The number of benzene rings is 1. The Hall–Kier alpha value is -2.14. The molecule has 5 heteroatoms. The van der Waals surface area contributed by atoms with Crippen molar-refractivity contribution in [3.05, 3.63) is 54.9 Å². The van der Waals surface area contributed by atoms with E-state index in [1.165, 1.54) is 13.0 Å². The summed E-state index contributed by atoms with van der Waals surface area (Å²) in [4.78, 5) is 12.6. The van der Waals surface area contributed by atoms with Gasteiger partial charge in [-0.3, -0.25) is 4.79 Å². The molecule has 4 nitrogen and oxygen atoms in total. The Morgan fingerprint density at radius 3 is 2.55 bits per heavy atom. The van der Waals surface area contributed by atoms with Crippen molar-refractivity contribution in [1.29, 1.82) is 0 Å². The van der Waals surface area contributed by atoms with Gasteiger partial charge in [0.1, 0.15) is 5.82 Å². The van der Waals surface area contributed by atoms with Gasteiger partial charge in [0.05, 0.1) is 5.69 Å². The molecule has 120 valence electrons. The van der Waals surface area contributed by atoms with Crippen LogP contribution in [0.25, 0.3) is 0 Å². The molecule has 22 heavy (non-hydrogen) atoms. The minimum Gasteiger partial charge on any atom is -0.362 e. The van der Waals surface area contributed by atoms with E-state index in [0.717, 1.165) is 5.56 Å². The summed E-state index contributed by atoms with van der Waals surface area (Å²) in [5.74, 6) is -0.305. The summed E-state index contributed by atoms with van der Waals surface area (Å²) < 4.78 is 14.0. The number of anilines is 1. The summed E-state index contributed by atoms with van der Waals surface area (Å²) in [6.45, 7) is 11.8. The van der Waals surface area contributed by atoms with Crippen molar-refractivity contribution in [3.8, 4) is 0 Å². The fourth-order valence-corrected chi connectivity index (χ4v) is 2.05. The zero-order valence-corrected chi connectivity index (χ0v) is 13.1. The Morgan fingerprint density at radius 2 is 1.95 bits per heavy atom. The molecule has 0 aromatic heterocycles. The van der Waals surface area contributed by atoms with Crippen molar-refractivity contribution in [1.82, 2.24) is 10.6 Å². The van der Waals surface area contributed by atoms with Crippen LogP contribution in [-0.4, -0.2) is 32.1 Å². The van der Waals surface area contributed by atoms with E-state index in [4.69, 9.17) is 0 Å². The van der Waals surface area contributed by atoms with Crippen LogP contribution in [0, 0.1) is 5.82 Å². The molecule has 0 aliphatic carbocycles. The Morgan fingerprint density at radius 1 is 1.27 bits per heavy atom. The number of carbonyl (C=O) groups is 1. The van der Waals surface area contributed by atoms with Crippen molar-refractivity contribution in [2.45, 2.75) is 13.5 Å². The van der Waals surface area contributed by atoms with E-state index >= 15 is 0 Å². The summed E-state index contributed by atoms with van der Waals surface area (Å²) in [6, 6.07) is 5.05. The minimum absolute atomic E-state index is 0.0460. The maximum Gasteiger partial charge on any atom is 0.216 e. The van der Waals surface area contributed by atoms with Crippen LogP contribution >= 0.6 is 0 Å². The molecule has 0 saturated heterocycles. The second kappa shape index (κ2) is 9.73. The monoisotopic (exact) mass is 305 g/mol. The topological polar surface area (TPSA) is 44.4 Å². The molecule has 0 radical (unpaired) electrons. The maximum absolute atomic E-state index is 14.0. The lowest BCUT2D eigenvalue weighted by Gasteiger charge is -2.23. The molecule has 0 atom stereocenters. The second-order valence-corrected chi connectivity index (χ2v) is 4.93. The number of carbonyl (C=O) groups excluding carboxylic acids is 1. The van der Waals surface area contributed by atoms with Gasteiger partial charge in [-0.1, -0.05) is 18.2 Å². The van der Waals surface area contributed by atoms with Crippen molar-refractivity contribution in [2.75, 3.05) is 31.1 Å². The van der Waals surface area contributed by atoms with E-state index in [1.54, 1.807) is 18.2 Å². The quantitative estimate of drug-likeness (QED) is 0.515. The van der Waals surface area contributed by atoms with E-state index < -0.39 is 0 Å². The number of rotatable bonds is 10. The van der Waals surface area contributed by atoms with E-state index in [0.29, 0.717) is 38.4 Å². The zero-order valence-electron chi connectivity index (χ0n) is 13.1. The third-order valence-electron chi connectivity index (χ3n) is 3.06. The van der Waals surface area contributed by atoms with Gasteiger partial charge in [0.25, 0.3) is 0 Å². The standard InChI is InChI=1S/C17H24FN3O/c1-4-10-21(11-5-2)17-12-15(6-7-16(17)18)13-19-8-9-20-14(3)22/h4-7,12,19H,1-2,8-11,13H2,3H3,(H,20,22). The molecule has 2 N–H and O–H groups in total. The lowest BCUT2D eigenvalue weighted by Crippen LogP contribution is -2.30. The predicted molar refractivity (Wildman–Crippen MR) is 89.4 cm³/mol. The van der Waals surface area contributed by atoms with Crippen LogP contribution in [0.1, 0.15) is 12.5 Å². The normalized spacial score (nSPS) is 10.1. The van der Waals surface area contributed by atoms with Crippen LogP contribution in [-0.2, 0) is 11.3 Å². The molecule has 1 rings (SSSR count). The highest BCUT2D eigenvalue weighted by Crippen LogP contribution is 2.21. The van der Waals surface area contributed by atoms with Gasteiger partial charge in [-0.05, 0) is 17.7 Å². The minimum atomic E-state index is -0.259. The van der Waals surface area contributed by atoms with Crippen LogP contribution in [0.4, 0.5) is 10.1 Å². The highest BCUT2D eigenvalue weighted by molar-refractivity contribution is 5.72. The predicted octanol–water partition coefficient (Wildman–Crippen LogP) is 2.23. The van der Waals surface area contributed by atoms with E-state index in [2.05, 4.69) is 23.8 Å². The fraction of sp³-hybridized carbons (Fsp3) is 0.353. The molecule has 0 saturated carbocycles. The van der Waals surface area contributed by atoms with Gasteiger partial charge in [-0.15, -0.1) is 13.2 Å². The summed E-state index contributed by atoms with van der Waals surface area (Å²) in [5.41, 5.74) is 1.53. The first-order chi connectivity index (χ1) is 10.6. The lowest BCUT2D eigenvalue weighted by atomic mass is 10.1. The molecule has 1 aromatic carbocycles. The largest absolute Gasteiger partial charge is 0.362 e. The molecular formula is C17H24FN3O. The van der Waals surface area contributed by atoms with Crippen LogP contribution in [0.15, 0.2) is 43.5 Å². The third kappa shape index (κ3) is 6.10. The number of hydrogen-bond donors (Lipinski definition) is 2. The number of nitrogens with zero attached hydrogens (tertiary/aromatic N) is 1. The number of halogens is 1. The summed E-state index contributed by atoms with van der Waals surface area (Å²) >= 11 is 0. The molecule has 1 amide bonds. The molecule has 0 unspecified atom stereocenters. The molecule has 1 aromatic rings. The molecule has 0 bridgehead atoms. The van der Waals surface area contributed by atoms with E-state index in [9.17, 15) is 9.18 Å². The summed E-state index contributed by atoms with van der Waals surface area (Å²) in [6.07, 6.45) is 3.47. The van der Waals surface area contributed by atoms with Gasteiger partial charge in [-0.2, -0.15) is 0 Å². The molecule has 0 aliphatic rings. The Labute approximate surface area is 131 Å². The molecule has 0 aliphatic heterocycles. The van der Waals surface area contributed by atoms with Gasteiger partial charge in [0.15, 0.2) is 0 Å². The van der Waals surface area contributed by atoms with Crippen molar-refractivity contribution < 1.29 is 9.18 Å². The molecule has 0 heterocycles. The van der Waals surface area contributed by atoms with E-state index in [1.807, 2.05) is 11.0 Å². The fourth-order valence-electron chi connectivity index (χ4n) is 2.05. The highest BCUT2D eigenvalue weighted by atomic mass is 19.1. The van der Waals surface area contributed by atoms with Crippen molar-refractivity contribution in [2.24, 2.45) is 0 Å². The van der Waals surface area contributed by atoms with Crippen LogP contribution < -0.4 is 15.5 Å². The smallest absolute Gasteiger partial charge is 0.216 e. The van der Waals surface area contributed by atoms with Crippen molar-refractivity contribution in [3.63, 3.8) is 0 Å². The number of hydrogen-bond acceptors (Lipinski definition) is 3. The van der Waals surface area contributed by atoms with Gasteiger partial charge in [-0.25, -0.2) is 4.39 Å². The van der Waals surface area contributed by atoms with Gasteiger partial charge in [0.2, 0.25) is 5.91 Å². The average molecular weight is 305 g/mol. The zero-order chi connectivity index (χ0) is 16.4. The SMILES string of the molecule is C=CCN(CC=C)c1cc(CNCCNC(C)=O)ccc1F. The Bertz CT molecular complexity index is 507. The van der Waals surface area contributed by atoms with Crippen LogP contribution in [0.3, 0.4) is 0 Å². The van der Waals surface area contributed by atoms with Gasteiger partial charge >= 0.3 is 0 Å². The first-order valence-corrected chi connectivity index (χ1v) is 7.28. The van der Waals surface area contributed by atoms with Gasteiger partial charge in [0, 0.05) is 39.6 Å². The highest BCUT2D eigenvalue weighted by Gasteiger charge is 2.10. The van der Waals surface area contributed by atoms with Crippen molar-refractivity contribution >= 4 is 11.6 Å². The van der Waals surface area contributed by atoms with Crippen LogP contribution in [0.2, 0.25) is 0 Å². The first kappa shape index (κ1) is 17.9. The first-order valence-electron chi connectivity index (χ1n) is 7.28. The maximum atomic E-state index is 14.0. The number of amides is 1. The van der Waals surface area contributed by atoms with Crippen LogP contribution in [0.5, 0.6) is 0 Å². The Kier molecular flexibility index (Phi) is 7.92. The molecular weight excluding hydrogens is 281 g/mol. The second-order valence-electron chi connectivity index (χ2n) is 4.93. The molecule has 0 fully saturated rings. The van der Waals surface area contributed by atoms with Gasteiger partial charge < -0.3 is 15.5 Å². The molecule has 0 spiro atoms. The lowest BCUT2D eigenvalue weighted by molar-refractivity contribution is -0.118. The Balaban J connectivity index is 2.65. The number of nitrogens with one attached hydrogen (secondary N) is 2.